The second-order valence-corrected chi connectivity index (χ2v) is 7.82. The van der Waals surface area contributed by atoms with E-state index in [4.69, 9.17) is 9.26 Å². The van der Waals surface area contributed by atoms with Gasteiger partial charge in [-0.3, -0.25) is 9.69 Å². The van der Waals surface area contributed by atoms with Crippen LogP contribution in [0.5, 0.6) is 0 Å². The minimum Gasteiger partial charge on any atom is -0.384 e. The summed E-state index contributed by atoms with van der Waals surface area (Å²) in [6.45, 7) is 7.31. The van der Waals surface area contributed by atoms with Gasteiger partial charge in [0, 0.05) is 32.3 Å². The maximum atomic E-state index is 12.9. The maximum absolute atomic E-state index is 12.9. The Bertz CT molecular complexity index is 582. The summed E-state index contributed by atoms with van der Waals surface area (Å²) in [6, 6.07) is 2.20. The summed E-state index contributed by atoms with van der Waals surface area (Å²) in [5.74, 6) is 1.58. The lowest BCUT2D eigenvalue weighted by Gasteiger charge is -2.40. The van der Waals surface area contributed by atoms with E-state index in [0.29, 0.717) is 12.5 Å². The normalized spacial score (nSPS) is 25.7. The van der Waals surface area contributed by atoms with Gasteiger partial charge in [0.2, 0.25) is 5.91 Å². The molecule has 2 aliphatic rings. The second-order valence-electron chi connectivity index (χ2n) is 7.82. The molecule has 0 aromatic carbocycles. The van der Waals surface area contributed by atoms with E-state index in [-0.39, 0.29) is 17.4 Å². The van der Waals surface area contributed by atoms with Gasteiger partial charge in [-0.1, -0.05) is 24.9 Å². The lowest BCUT2D eigenvalue weighted by Crippen LogP contribution is -2.53. The van der Waals surface area contributed by atoms with Crippen LogP contribution in [0.4, 0.5) is 0 Å². The Morgan fingerprint density at radius 1 is 1.48 bits per heavy atom. The molecular weight excluding hydrogens is 318 g/mol. The molecule has 6 nitrogen and oxygen atoms in total. The summed E-state index contributed by atoms with van der Waals surface area (Å²) in [7, 11) is 1.68. The fourth-order valence-corrected chi connectivity index (χ4v) is 4.27. The Kier molecular flexibility index (Phi) is 5.79. The van der Waals surface area contributed by atoms with Gasteiger partial charge in [0.05, 0.1) is 24.3 Å². The van der Waals surface area contributed by atoms with Crippen molar-refractivity contribution in [2.45, 2.75) is 58.5 Å². The molecule has 1 saturated carbocycles. The van der Waals surface area contributed by atoms with E-state index in [9.17, 15) is 4.79 Å². The fraction of sp³-hybridized carbons (Fsp3) is 0.789. The lowest BCUT2D eigenvalue weighted by molar-refractivity contribution is -0.141. The summed E-state index contributed by atoms with van der Waals surface area (Å²) in [5.41, 5.74) is 0.622. The second kappa shape index (κ2) is 7.87. The van der Waals surface area contributed by atoms with Gasteiger partial charge < -0.3 is 14.6 Å². The Morgan fingerprint density at radius 2 is 2.28 bits per heavy atom. The highest BCUT2D eigenvalue weighted by Gasteiger charge is 2.46. The number of aromatic nitrogens is 1. The summed E-state index contributed by atoms with van der Waals surface area (Å²) in [5, 5.41) is 7.32. The summed E-state index contributed by atoms with van der Waals surface area (Å²) in [6.07, 6.45) is 5.28. The van der Waals surface area contributed by atoms with Crippen LogP contribution in [0.1, 0.15) is 50.5 Å². The minimum atomic E-state index is -0.291. The van der Waals surface area contributed by atoms with Crippen molar-refractivity contribution in [2.24, 2.45) is 11.3 Å². The first-order valence-corrected chi connectivity index (χ1v) is 9.51. The molecule has 0 unspecified atom stereocenters. The number of nitrogens with zero attached hydrogens (tertiary/aromatic N) is 2. The predicted octanol–water partition coefficient (Wildman–Crippen LogP) is 2.52. The Morgan fingerprint density at radius 3 is 2.84 bits per heavy atom. The third kappa shape index (κ3) is 4.06. The number of rotatable bonds is 8. The fourth-order valence-electron chi connectivity index (χ4n) is 4.27. The average Bonchev–Trinajstić information content (AvgIpc) is 3.10. The van der Waals surface area contributed by atoms with Crippen LogP contribution >= 0.6 is 0 Å². The van der Waals surface area contributed by atoms with E-state index in [2.05, 4.69) is 22.3 Å². The molecule has 1 amide bonds. The van der Waals surface area contributed by atoms with E-state index in [1.54, 1.807) is 7.11 Å². The van der Waals surface area contributed by atoms with Crippen LogP contribution in [0.25, 0.3) is 0 Å². The smallest absolute Gasteiger partial charge is 0.228 e. The van der Waals surface area contributed by atoms with Crippen LogP contribution < -0.4 is 5.32 Å². The number of hydrogen-bond donors (Lipinski definition) is 1. The van der Waals surface area contributed by atoms with Crippen LogP contribution in [-0.4, -0.2) is 48.8 Å². The molecule has 25 heavy (non-hydrogen) atoms. The molecule has 1 N–H and O–H groups in total. The lowest BCUT2D eigenvalue weighted by atomic mass is 9.68. The predicted molar refractivity (Wildman–Crippen MR) is 95.0 cm³/mol. The monoisotopic (exact) mass is 349 g/mol. The van der Waals surface area contributed by atoms with E-state index in [1.165, 1.54) is 0 Å². The van der Waals surface area contributed by atoms with Gasteiger partial charge >= 0.3 is 0 Å². The van der Waals surface area contributed by atoms with Gasteiger partial charge in [0.1, 0.15) is 0 Å². The Labute approximate surface area is 150 Å². The van der Waals surface area contributed by atoms with Crippen LogP contribution in [0.3, 0.4) is 0 Å². The number of aryl methyl sites for hydroxylation is 1. The number of nitrogens with one attached hydrogen (secondary N) is 1. The first-order chi connectivity index (χ1) is 12.1. The zero-order valence-electron chi connectivity index (χ0n) is 15.7. The zero-order chi connectivity index (χ0) is 17.9. The van der Waals surface area contributed by atoms with Crippen molar-refractivity contribution in [3.8, 4) is 0 Å². The SMILES string of the molecule is CCC[C@@H]1CN(Cc2cc(C)no2)C[C@H]1NC(=O)C1(COC)CCC1. The molecule has 0 bridgehead atoms. The summed E-state index contributed by atoms with van der Waals surface area (Å²) in [4.78, 5) is 15.2. The molecule has 0 radical (unpaired) electrons. The van der Waals surface area contributed by atoms with Crippen molar-refractivity contribution in [3.63, 3.8) is 0 Å². The molecule has 3 rings (SSSR count). The molecule has 1 aliphatic carbocycles. The van der Waals surface area contributed by atoms with Crippen LogP contribution in [0.2, 0.25) is 0 Å². The third-order valence-electron chi connectivity index (χ3n) is 5.76. The number of likely N-dealkylation sites (tertiary alicyclic amines) is 1. The largest absolute Gasteiger partial charge is 0.384 e. The van der Waals surface area contributed by atoms with Crippen molar-refractivity contribution in [2.75, 3.05) is 26.8 Å². The van der Waals surface area contributed by atoms with Crippen molar-refractivity contribution < 1.29 is 14.1 Å². The number of hydrogen-bond acceptors (Lipinski definition) is 5. The average molecular weight is 349 g/mol. The first-order valence-electron chi connectivity index (χ1n) is 9.51. The highest BCUT2D eigenvalue weighted by Crippen LogP contribution is 2.41. The molecule has 1 aromatic rings. The highest BCUT2D eigenvalue weighted by molar-refractivity contribution is 5.84. The van der Waals surface area contributed by atoms with Crippen molar-refractivity contribution in [3.05, 3.63) is 17.5 Å². The van der Waals surface area contributed by atoms with Gasteiger partial charge in [-0.2, -0.15) is 0 Å². The minimum absolute atomic E-state index is 0.184. The summed E-state index contributed by atoms with van der Waals surface area (Å²) < 4.78 is 10.7. The standard InChI is InChI=1S/C19H31N3O3/c1-4-6-15-10-22(11-16-9-14(2)21-25-16)12-17(15)20-18(23)19(13-24-3)7-5-8-19/h9,15,17H,4-8,10-13H2,1-3H3,(H,20,23)/t15-,17-/m1/s1. The number of carbonyl (C=O) groups is 1. The molecule has 2 heterocycles. The number of methoxy groups -OCH3 is 1. The van der Waals surface area contributed by atoms with Gasteiger partial charge in [-0.15, -0.1) is 0 Å². The third-order valence-corrected chi connectivity index (χ3v) is 5.76. The van der Waals surface area contributed by atoms with Crippen molar-refractivity contribution in [1.82, 2.24) is 15.4 Å². The topological polar surface area (TPSA) is 67.6 Å². The molecule has 6 heteroatoms. The van der Waals surface area contributed by atoms with Crippen LogP contribution in [0, 0.1) is 18.3 Å². The molecule has 1 saturated heterocycles. The number of carbonyl (C=O) groups excluding carboxylic acids is 1. The number of ether oxygens (including phenoxy) is 1. The molecular formula is C19H31N3O3. The molecule has 1 aromatic heterocycles. The van der Waals surface area contributed by atoms with Gasteiger partial charge in [0.25, 0.3) is 0 Å². The quantitative estimate of drug-likeness (QED) is 0.781. The van der Waals surface area contributed by atoms with E-state index >= 15 is 0 Å². The maximum Gasteiger partial charge on any atom is 0.228 e. The Hall–Kier alpha value is -1.40. The van der Waals surface area contributed by atoms with Gasteiger partial charge in [-0.25, -0.2) is 0 Å². The van der Waals surface area contributed by atoms with Gasteiger partial charge in [-0.05, 0) is 32.1 Å². The van der Waals surface area contributed by atoms with Crippen molar-refractivity contribution >= 4 is 5.91 Å². The molecule has 2 fully saturated rings. The van der Waals surface area contributed by atoms with E-state index in [0.717, 1.165) is 63.2 Å². The molecule has 0 spiro atoms. The molecule has 1 aliphatic heterocycles. The molecule has 2 atom stereocenters. The van der Waals surface area contributed by atoms with Crippen molar-refractivity contribution in [1.29, 1.82) is 0 Å². The molecule has 140 valence electrons. The van der Waals surface area contributed by atoms with Gasteiger partial charge in [0.15, 0.2) is 5.76 Å². The number of amides is 1. The van der Waals surface area contributed by atoms with E-state index < -0.39 is 0 Å². The van der Waals surface area contributed by atoms with Crippen LogP contribution in [0.15, 0.2) is 10.6 Å². The first kappa shape index (κ1) is 18.4. The van der Waals surface area contributed by atoms with E-state index in [1.807, 2.05) is 13.0 Å². The Balaban J connectivity index is 1.61. The summed E-state index contributed by atoms with van der Waals surface area (Å²) >= 11 is 0. The zero-order valence-corrected chi connectivity index (χ0v) is 15.7. The van der Waals surface area contributed by atoms with Crippen LogP contribution in [-0.2, 0) is 16.1 Å². The highest BCUT2D eigenvalue weighted by atomic mass is 16.5.